The van der Waals surface area contributed by atoms with Crippen molar-refractivity contribution in [1.82, 2.24) is 9.38 Å². The average molecular weight is 451 g/mol. The lowest BCUT2D eigenvalue weighted by Gasteiger charge is -2.39. The molecule has 3 nitrogen and oxygen atoms in total. The standard InChI is InChI=1S/C27H25F3N2O/c1-25(2)13-16(14-26(3,4)15-25)23(33)21-18-10-6-8-12-20(18)32-22(21)17-9-5-7-11-19(17)31-24(32)27(28,29)30/h5-13H,14-15H2,1-4H3. The molecule has 0 radical (unpaired) electrons. The van der Waals surface area contributed by atoms with Gasteiger partial charge in [-0.15, -0.1) is 0 Å². The maximum Gasteiger partial charge on any atom is 0.450 e. The number of rotatable bonds is 2. The van der Waals surface area contributed by atoms with E-state index in [1.165, 1.54) is 0 Å². The lowest BCUT2D eigenvalue weighted by molar-refractivity contribution is -0.145. The van der Waals surface area contributed by atoms with E-state index < -0.39 is 12.0 Å². The first-order chi connectivity index (χ1) is 15.4. The van der Waals surface area contributed by atoms with E-state index in [0.717, 1.165) is 10.8 Å². The molecule has 0 aliphatic heterocycles. The van der Waals surface area contributed by atoms with Crippen LogP contribution in [-0.2, 0) is 6.18 Å². The van der Waals surface area contributed by atoms with Gasteiger partial charge in [-0.05, 0) is 41.4 Å². The van der Waals surface area contributed by atoms with Gasteiger partial charge in [0.05, 0.1) is 22.1 Å². The summed E-state index contributed by atoms with van der Waals surface area (Å²) in [6.45, 7) is 8.45. The normalized spacial score (nSPS) is 18.1. The molecule has 6 heteroatoms. The number of carbonyl (C=O) groups is 1. The number of carbonyl (C=O) groups excluding carboxylic acids is 1. The van der Waals surface area contributed by atoms with Crippen LogP contribution < -0.4 is 0 Å². The Kier molecular flexibility index (Phi) is 4.55. The van der Waals surface area contributed by atoms with Crippen LogP contribution in [0.25, 0.3) is 27.3 Å². The number of hydrogen-bond acceptors (Lipinski definition) is 2. The lowest BCUT2D eigenvalue weighted by atomic mass is 9.66. The number of aromatic nitrogens is 2. The van der Waals surface area contributed by atoms with Gasteiger partial charge in [0, 0.05) is 10.8 Å². The van der Waals surface area contributed by atoms with Gasteiger partial charge in [-0.25, -0.2) is 4.98 Å². The monoisotopic (exact) mass is 450 g/mol. The van der Waals surface area contributed by atoms with Crippen molar-refractivity contribution in [3.63, 3.8) is 0 Å². The van der Waals surface area contributed by atoms with Crippen LogP contribution in [0.1, 0.15) is 56.7 Å². The van der Waals surface area contributed by atoms with E-state index in [4.69, 9.17) is 0 Å². The highest BCUT2D eigenvalue weighted by Crippen LogP contribution is 2.46. The zero-order chi connectivity index (χ0) is 23.8. The van der Waals surface area contributed by atoms with Crippen LogP contribution in [0.5, 0.6) is 0 Å². The van der Waals surface area contributed by atoms with E-state index >= 15 is 0 Å². The molecular formula is C27H25F3N2O. The van der Waals surface area contributed by atoms with Crippen LogP contribution in [0.4, 0.5) is 13.2 Å². The third-order valence-corrected chi connectivity index (χ3v) is 6.41. The number of Topliss-reactive ketones (excluding diaryl/α,β-unsaturated/α-hetero) is 1. The number of hydrogen-bond donors (Lipinski definition) is 0. The van der Waals surface area contributed by atoms with Gasteiger partial charge >= 0.3 is 6.18 Å². The van der Waals surface area contributed by atoms with E-state index in [9.17, 15) is 18.0 Å². The van der Waals surface area contributed by atoms with E-state index in [-0.39, 0.29) is 27.6 Å². The van der Waals surface area contributed by atoms with E-state index in [0.29, 0.717) is 33.8 Å². The number of allylic oxidation sites excluding steroid dienone is 2. The molecule has 0 bridgehead atoms. The number of fused-ring (bicyclic) bond motifs is 5. The minimum atomic E-state index is -4.68. The second-order valence-corrected chi connectivity index (χ2v) is 10.5. The maximum atomic E-state index is 14.2. The zero-order valence-electron chi connectivity index (χ0n) is 19.0. The molecule has 1 aliphatic rings. The van der Waals surface area contributed by atoms with Crippen molar-refractivity contribution >= 4 is 33.1 Å². The van der Waals surface area contributed by atoms with Crippen LogP contribution in [0, 0.1) is 10.8 Å². The summed E-state index contributed by atoms with van der Waals surface area (Å²) in [6.07, 6.45) is -1.17. The van der Waals surface area contributed by atoms with Crippen molar-refractivity contribution in [2.75, 3.05) is 0 Å². The van der Waals surface area contributed by atoms with Crippen molar-refractivity contribution in [1.29, 1.82) is 0 Å². The molecule has 0 atom stereocenters. The van der Waals surface area contributed by atoms with Crippen molar-refractivity contribution in [3.8, 4) is 0 Å². The first kappa shape index (κ1) is 21.7. The number of ketones is 1. The molecule has 2 heterocycles. The number of alkyl halides is 3. The Morgan fingerprint density at radius 1 is 0.970 bits per heavy atom. The fourth-order valence-corrected chi connectivity index (χ4v) is 5.76. The topological polar surface area (TPSA) is 34.4 Å². The van der Waals surface area contributed by atoms with E-state index in [1.54, 1.807) is 48.5 Å². The Hall–Kier alpha value is -3.15. The highest BCUT2D eigenvalue weighted by molar-refractivity contribution is 6.25. The Bertz CT molecular complexity index is 1470. The summed E-state index contributed by atoms with van der Waals surface area (Å²) in [6, 6.07) is 13.5. The van der Waals surface area contributed by atoms with Crippen LogP contribution in [-0.4, -0.2) is 15.2 Å². The second kappa shape index (κ2) is 6.92. The van der Waals surface area contributed by atoms with Crippen molar-refractivity contribution in [2.24, 2.45) is 10.8 Å². The molecule has 2 aromatic carbocycles. The molecule has 0 unspecified atom stereocenters. The molecular weight excluding hydrogens is 425 g/mol. The van der Waals surface area contributed by atoms with Gasteiger partial charge in [0.25, 0.3) is 0 Å². The van der Waals surface area contributed by atoms with Crippen LogP contribution in [0.15, 0.2) is 60.2 Å². The fourth-order valence-electron chi connectivity index (χ4n) is 5.76. The quantitative estimate of drug-likeness (QED) is 0.295. The van der Waals surface area contributed by atoms with Crippen LogP contribution in [0.2, 0.25) is 0 Å². The van der Waals surface area contributed by atoms with E-state index in [2.05, 4.69) is 32.7 Å². The zero-order valence-corrected chi connectivity index (χ0v) is 19.0. The van der Waals surface area contributed by atoms with Crippen molar-refractivity contribution < 1.29 is 18.0 Å². The first-order valence-corrected chi connectivity index (χ1v) is 11.0. The van der Waals surface area contributed by atoms with Gasteiger partial charge in [-0.2, -0.15) is 13.2 Å². The van der Waals surface area contributed by atoms with Gasteiger partial charge in [0.1, 0.15) is 0 Å². The summed E-state index contributed by atoms with van der Waals surface area (Å²) in [5.74, 6) is -1.23. The Labute approximate surface area is 189 Å². The first-order valence-electron chi connectivity index (χ1n) is 11.0. The number of benzene rings is 2. The van der Waals surface area contributed by atoms with Crippen LogP contribution >= 0.6 is 0 Å². The summed E-state index contributed by atoms with van der Waals surface area (Å²) < 4.78 is 43.6. The van der Waals surface area contributed by atoms with Gasteiger partial charge in [-0.3, -0.25) is 9.20 Å². The molecule has 1 aliphatic carbocycles. The highest BCUT2D eigenvalue weighted by atomic mass is 19.4. The van der Waals surface area contributed by atoms with Crippen molar-refractivity contribution in [3.05, 3.63) is 71.6 Å². The minimum absolute atomic E-state index is 0.0880. The van der Waals surface area contributed by atoms with Crippen molar-refractivity contribution in [2.45, 2.75) is 46.7 Å². The van der Waals surface area contributed by atoms with Gasteiger partial charge < -0.3 is 0 Å². The summed E-state index contributed by atoms with van der Waals surface area (Å²) in [7, 11) is 0. The molecule has 170 valence electrons. The van der Waals surface area contributed by atoms with Crippen LogP contribution in [0.3, 0.4) is 0 Å². The molecule has 0 fully saturated rings. The molecule has 2 aromatic heterocycles. The maximum absolute atomic E-state index is 14.2. The Morgan fingerprint density at radius 2 is 1.61 bits per heavy atom. The molecule has 0 spiro atoms. The second-order valence-electron chi connectivity index (χ2n) is 10.5. The summed E-state index contributed by atoms with van der Waals surface area (Å²) in [5.41, 5.74) is 1.51. The predicted molar refractivity (Wildman–Crippen MR) is 124 cm³/mol. The number of nitrogens with zero attached hydrogens (tertiary/aromatic N) is 2. The third kappa shape index (κ3) is 3.52. The Balaban J connectivity index is 1.93. The molecule has 0 saturated carbocycles. The molecule has 5 rings (SSSR count). The smallest absolute Gasteiger partial charge is 0.289 e. The number of halogens is 3. The van der Waals surface area contributed by atoms with Gasteiger partial charge in [0.2, 0.25) is 5.82 Å². The summed E-state index contributed by atoms with van der Waals surface area (Å²) in [5, 5.41) is 1.04. The fraction of sp³-hybridized carbons (Fsp3) is 0.333. The molecule has 0 N–H and O–H groups in total. The largest absolute Gasteiger partial charge is 0.450 e. The summed E-state index contributed by atoms with van der Waals surface area (Å²) >= 11 is 0. The van der Waals surface area contributed by atoms with Gasteiger partial charge in [0.15, 0.2) is 5.78 Å². The summed E-state index contributed by atoms with van der Waals surface area (Å²) in [4.78, 5) is 18.1. The SMILES string of the molecule is CC1(C)C=C(C(=O)c2c3ccccc3n3c(C(F)(F)F)nc4ccccc4c23)CC(C)(C)C1. The highest BCUT2D eigenvalue weighted by Gasteiger charge is 2.40. The Morgan fingerprint density at radius 3 is 2.27 bits per heavy atom. The minimum Gasteiger partial charge on any atom is -0.289 e. The lowest BCUT2D eigenvalue weighted by Crippen LogP contribution is -2.29. The van der Waals surface area contributed by atoms with E-state index in [1.807, 2.05) is 6.08 Å². The predicted octanol–water partition coefficient (Wildman–Crippen LogP) is 7.61. The molecule has 0 saturated heterocycles. The third-order valence-electron chi connectivity index (χ3n) is 6.41. The molecule has 0 amide bonds. The molecule has 4 aromatic rings. The van der Waals surface area contributed by atoms with Gasteiger partial charge in [-0.1, -0.05) is 70.2 Å². The number of para-hydroxylation sites is 2. The average Bonchev–Trinajstić information content (AvgIpc) is 3.05. The molecule has 33 heavy (non-hydrogen) atoms.